The van der Waals surface area contributed by atoms with Gasteiger partial charge in [0, 0.05) is 17.2 Å². The number of ether oxygens (including phenoxy) is 1. The van der Waals surface area contributed by atoms with Crippen molar-refractivity contribution in [3.05, 3.63) is 90.2 Å². The summed E-state index contributed by atoms with van der Waals surface area (Å²) in [6.07, 6.45) is 6.49. The van der Waals surface area contributed by atoms with E-state index in [4.69, 9.17) is 14.3 Å². The Morgan fingerprint density at radius 3 is 2.43 bits per heavy atom. The van der Waals surface area contributed by atoms with Gasteiger partial charge in [-0.3, -0.25) is 14.5 Å². The minimum atomic E-state index is -2.59. The van der Waals surface area contributed by atoms with E-state index in [9.17, 15) is 19.8 Å². The Morgan fingerprint density at radius 1 is 1.03 bits per heavy atom. The van der Waals surface area contributed by atoms with Gasteiger partial charge >= 0.3 is 5.97 Å². The summed E-state index contributed by atoms with van der Waals surface area (Å²) in [4.78, 5) is 25.1. The molecule has 8 heteroatoms. The smallest absolute Gasteiger partial charge is 0.307 e. The summed E-state index contributed by atoms with van der Waals surface area (Å²) in [6, 6.07) is 16.5. The van der Waals surface area contributed by atoms with Crippen molar-refractivity contribution in [1.82, 2.24) is 4.90 Å². The number of para-hydroxylation sites is 1. The molecule has 35 heavy (non-hydrogen) atoms. The predicted molar refractivity (Wildman–Crippen MR) is 127 cm³/mol. The van der Waals surface area contributed by atoms with Crippen LogP contribution in [0.4, 0.5) is 0 Å². The van der Waals surface area contributed by atoms with Gasteiger partial charge in [0.05, 0.1) is 24.9 Å². The highest BCUT2D eigenvalue weighted by atomic mass is 16.5. The lowest BCUT2D eigenvalue weighted by Gasteiger charge is -2.36. The van der Waals surface area contributed by atoms with Crippen molar-refractivity contribution >= 4 is 11.9 Å². The number of hydrogen-bond donors (Lipinski definition) is 3. The zero-order valence-electron chi connectivity index (χ0n) is 19.0. The van der Waals surface area contributed by atoms with E-state index < -0.39 is 17.8 Å². The van der Waals surface area contributed by atoms with Crippen molar-refractivity contribution in [2.75, 3.05) is 6.61 Å². The molecule has 0 unspecified atom stereocenters. The van der Waals surface area contributed by atoms with Crippen LogP contribution in [0.3, 0.4) is 0 Å². The number of aliphatic hydroxyl groups is 2. The van der Waals surface area contributed by atoms with Crippen LogP contribution in [0.25, 0.3) is 11.3 Å². The van der Waals surface area contributed by atoms with Gasteiger partial charge in [-0.15, -0.1) is 0 Å². The van der Waals surface area contributed by atoms with Crippen LogP contribution in [0.15, 0.2) is 83.5 Å². The van der Waals surface area contributed by atoms with Gasteiger partial charge in [0.15, 0.2) is 0 Å². The second-order valence-electron chi connectivity index (χ2n) is 8.30. The Balaban J connectivity index is 1.52. The minimum Gasteiger partial charge on any atom is -0.493 e. The predicted octanol–water partition coefficient (Wildman–Crippen LogP) is 4.15. The third-order valence-corrected chi connectivity index (χ3v) is 5.65. The molecule has 0 saturated heterocycles. The lowest BCUT2D eigenvalue weighted by atomic mass is 10.1. The number of amides is 1. The van der Waals surface area contributed by atoms with Crippen molar-refractivity contribution < 1.29 is 34.1 Å². The highest BCUT2D eigenvalue weighted by molar-refractivity contribution is 5.95. The van der Waals surface area contributed by atoms with E-state index >= 15 is 0 Å². The Hall–Kier alpha value is -3.88. The summed E-state index contributed by atoms with van der Waals surface area (Å²) in [7, 11) is 0. The standard InChI is InChI=1S/C27H27NO7/c29-25(30)10-2-1-5-17-35-24-8-4-3-7-22(24)27(32,33)28(21-15-16-21)26(31)20-13-11-19(12-14-20)23-9-6-18-34-23/h1-4,6-9,11-14,18,21,32-33H,5,10,15-17H2,(H,29,30)/b2-1-. The van der Waals surface area contributed by atoms with Gasteiger partial charge in [-0.25, -0.2) is 0 Å². The number of rotatable bonds is 11. The molecule has 1 aliphatic rings. The molecule has 1 aliphatic carbocycles. The second kappa shape index (κ2) is 10.6. The quantitative estimate of drug-likeness (QED) is 0.216. The van der Waals surface area contributed by atoms with Crippen LogP contribution in [0.2, 0.25) is 0 Å². The SMILES string of the molecule is O=C(O)C/C=C\CCOc1ccccc1C(O)(O)N(C(=O)c1ccc(-c2ccco2)cc1)C1CC1. The van der Waals surface area contributed by atoms with Crippen LogP contribution in [0.1, 0.15) is 41.6 Å². The first-order valence-corrected chi connectivity index (χ1v) is 11.4. The molecular formula is C27H27NO7. The number of aliphatic carboxylic acids is 1. The van der Waals surface area contributed by atoms with Crippen molar-refractivity contribution in [3.8, 4) is 17.1 Å². The third kappa shape index (κ3) is 5.79. The van der Waals surface area contributed by atoms with Gasteiger partial charge in [0.1, 0.15) is 11.5 Å². The molecule has 2 aromatic carbocycles. The van der Waals surface area contributed by atoms with Gasteiger partial charge < -0.3 is 24.5 Å². The van der Waals surface area contributed by atoms with Crippen LogP contribution in [0.5, 0.6) is 5.75 Å². The fourth-order valence-corrected chi connectivity index (χ4v) is 3.79. The Labute approximate surface area is 202 Å². The molecule has 0 radical (unpaired) electrons. The van der Waals surface area contributed by atoms with Gasteiger partial charge in [-0.05, 0) is 55.7 Å². The largest absolute Gasteiger partial charge is 0.493 e. The fourth-order valence-electron chi connectivity index (χ4n) is 3.79. The average molecular weight is 478 g/mol. The molecular weight excluding hydrogens is 450 g/mol. The van der Waals surface area contributed by atoms with Crippen molar-refractivity contribution in [2.45, 2.75) is 37.6 Å². The topological polar surface area (TPSA) is 120 Å². The Bertz CT molecular complexity index is 1180. The van der Waals surface area contributed by atoms with Crippen molar-refractivity contribution in [2.24, 2.45) is 0 Å². The molecule has 3 aromatic rings. The molecule has 0 bridgehead atoms. The van der Waals surface area contributed by atoms with Crippen LogP contribution >= 0.6 is 0 Å². The number of benzene rings is 2. The fraction of sp³-hybridized carbons (Fsp3) is 0.259. The number of carbonyl (C=O) groups is 2. The van der Waals surface area contributed by atoms with E-state index in [0.717, 1.165) is 10.5 Å². The summed E-state index contributed by atoms with van der Waals surface area (Å²) in [6.45, 7) is 0.203. The molecule has 1 aromatic heterocycles. The molecule has 1 amide bonds. The van der Waals surface area contributed by atoms with Crippen LogP contribution in [-0.2, 0) is 10.7 Å². The average Bonchev–Trinajstić information content (AvgIpc) is 3.51. The number of carboxylic acids is 1. The molecule has 3 N–H and O–H groups in total. The first-order chi connectivity index (χ1) is 16.9. The molecule has 0 aliphatic heterocycles. The lowest BCUT2D eigenvalue weighted by Crippen LogP contribution is -2.51. The summed E-state index contributed by atoms with van der Waals surface area (Å²) < 4.78 is 11.1. The van der Waals surface area contributed by atoms with E-state index in [0.29, 0.717) is 30.6 Å². The van der Waals surface area contributed by atoms with E-state index in [2.05, 4.69) is 0 Å². The normalized spacial score (nSPS) is 13.7. The van der Waals surface area contributed by atoms with E-state index in [1.165, 1.54) is 12.1 Å². The maximum absolute atomic E-state index is 13.4. The molecule has 8 nitrogen and oxygen atoms in total. The van der Waals surface area contributed by atoms with Gasteiger partial charge in [-0.1, -0.05) is 36.4 Å². The zero-order chi connectivity index (χ0) is 24.8. The molecule has 1 saturated carbocycles. The van der Waals surface area contributed by atoms with Crippen LogP contribution in [-0.4, -0.2) is 44.7 Å². The first-order valence-electron chi connectivity index (χ1n) is 11.4. The molecule has 182 valence electrons. The molecule has 1 heterocycles. The zero-order valence-corrected chi connectivity index (χ0v) is 19.0. The van der Waals surface area contributed by atoms with Crippen LogP contribution in [0, 0.1) is 0 Å². The Morgan fingerprint density at radius 2 is 1.77 bits per heavy atom. The second-order valence-corrected chi connectivity index (χ2v) is 8.30. The molecule has 0 atom stereocenters. The van der Waals surface area contributed by atoms with E-state index in [1.807, 2.05) is 6.07 Å². The summed E-state index contributed by atoms with van der Waals surface area (Å²) in [5.41, 5.74) is 1.18. The number of nitrogens with zero attached hydrogens (tertiary/aromatic N) is 1. The minimum absolute atomic E-state index is 0.0574. The summed E-state index contributed by atoms with van der Waals surface area (Å²) in [5, 5.41) is 31.2. The maximum Gasteiger partial charge on any atom is 0.307 e. The van der Waals surface area contributed by atoms with Crippen molar-refractivity contribution in [1.29, 1.82) is 0 Å². The summed E-state index contributed by atoms with van der Waals surface area (Å²) in [5.74, 6) is -3.11. The van der Waals surface area contributed by atoms with Crippen molar-refractivity contribution in [3.63, 3.8) is 0 Å². The van der Waals surface area contributed by atoms with Gasteiger partial charge in [0.25, 0.3) is 11.8 Å². The number of carboxylic acid groups (broad SMARTS) is 1. The van der Waals surface area contributed by atoms with E-state index in [1.54, 1.807) is 60.9 Å². The molecule has 1 fully saturated rings. The Kier molecular flexibility index (Phi) is 7.33. The lowest BCUT2D eigenvalue weighted by molar-refractivity contribution is -0.259. The molecule has 4 rings (SSSR count). The maximum atomic E-state index is 13.4. The highest BCUT2D eigenvalue weighted by Crippen LogP contribution is 2.40. The van der Waals surface area contributed by atoms with E-state index in [-0.39, 0.29) is 30.4 Å². The number of hydrogen-bond acceptors (Lipinski definition) is 6. The van der Waals surface area contributed by atoms with Gasteiger partial charge in [0.2, 0.25) is 0 Å². The number of carbonyl (C=O) groups excluding carboxylic acids is 1. The molecule has 0 spiro atoms. The summed E-state index contributed by atoms with van der Waals surface area (Å²) >= 11 is 0. The third-order valence-electron chi connectivity index (χ3n) is 5.65. The monoisotopic (exact) mass is 477 g/mol. The van der Waals surface area contributed by atoms with Gasteiger partial charge in [-0.2, -0.15) is 0 Å². The first kappa shape index (κ1) is 24.3. The van der Waals surface area contributed by atoms with Crippen LogP contribution < -0.4 is 4.74 Å². The number of furan rings is 1. The highest BCUT2D eigenvalue weighted by Gasteiger charge is 2.48.